The SMILES string of the molecule is CCOC(=O)[C@H]1CCCN(C(=NC)NCC2CCOC2c2ccccc2)C1. The monoisotopic (exact) mass is 373 g/mol. The topological polar surface area (TPSA) is 63.2 Å². The van der Waals surface area contributed by atoms with Gasteiger partial charge in [0, 0.05) is 39.2 Å². The second-order valence-electron chi connectivity index (χ2n) is 7.22. The zero-order valence-electron chi connectivity index (χ0n) is 16.4. The second-order valence-corrected chi connectivity index (χ2v) is 7.22. The van der Waals surface area contributed by atoms with Crippen molar-refractivity contribution in [1.82, 2.24) is 10.2 Å². The molecule has 2 aliphatic rings. The van der Waals surface area contributed by atoms with E-state index in [2.05, 4.69) is 39.5 Å². The average molecular weight is 373 g/mol. The highest BCUT2D eigenvalue weighted by Crippen LogP contribution is 2.34. The maximum Gasteiger partial charge on any atom is 0.310 e. The summed E-state index contributed by atoms with van der Waals surface area (Å²) in [6.07, 6.45) is 3.03. The van der Waals surface area contributed by atoms with Crippen molar-refractivity contribution >= 4 is 11.9 Å². The van der Waals surface area contributed by atoms with Gasteiger partial charge in [-0.25, -0.2) is 0 Å². The van der Waals surface area contributed by atoms with Crippen LogP contribution in [-0.4, -0.2) is 56.7 Å². The highest BCUT2D eigenvalue weighted by atomic mass is 16.5. The number of rotatable bonds is 5. The van der Waals surface area contributed by atoms with Crippen LogP contribution in [0.25, 0.3) is 0 Å². The molecular weight excluding hydrogens is 342 g/mol. The lowest BCUT2D eigenvalue weighted by Crippen LogP contribution is -2.49. The predicted octanol–water partition coefficient (Wildman–Crippen LogP) is 2.61. The number of piperidine rings is 1. The molecule has 0 bridgehead atoms. The van der Waals surface area contributed by atoms with Crippen LogP contribution in [-0.2, 0) is 14.3 Å². The van der Waals surface area contributed by atoms with Gasteiger partial charge in [0.15, 0.2) is 5.96 Å². The zero-order chi connectivity index (χ0) is 19.1. The molecule has 6 nitrogen and oxygen atoms in total. The van der Waals surface area contributed by atoms with Gasteiger partial charge in [0.1, 0.15) is 0 Å². The van der Waals surface area contributed by atoms with E-state index >= 15 is 0 Å². The molecular formula is C21H31N3O3. The minimum absolute atomic E-state index is 0.0656. The van der Waals surface area contributed by atoms with Crippen molar-refractivity contribution in [3.8, 4) is 0 Å². The molecule has 0 radical (unpaired) electrons. The van der Waals surface area contributed by atoms with E-state index in [1.165, 1.54) is 5.56 Å². The fraction of sp³-hybridized carbons (Fsp3) is 0.619. The number of nitrogens with zero attached hydrogens (tertiary/aromatic N) is 2. The fourth-order valence-electron chi connectivity index (χ4n) is 4.03. The number of carbonyl (C=O) groups excluding carboxylic acids is 1. The highest BCUT2D eigenvalue weighted by molar-refractivity contribution is 5.81. The van der Waals surface area contributed by atoms with Crippen LogP contribution in [0.15, 0.2) is 35.3 Å². The molecule has 2 fully saturated rings. The lowest BCUT2D eigenvalue weighted by atomic mass is 9.95. The van der Waals surface area contributed by atoms with E-state index < -0.39 is 0 Å². The number of benzene rings is 1. The van der Waals surface area contributed by atoms with Crippen LogP contribution >= 0.6 is 0 Å². The first kappa shape index (κ1) is 19.7. The van der Waals surface area contributed by atoms with Crippen LogP contribution < -0.4 is 5.32 Å². The van der Waals surface area contributed by atoms with Gasteiger partial charge in [-0.15, -0.1) is 0 Å². The summed E-state index contributed by atoms with van der Waals surface area (Å²) in [6, 6.07) is 10.4. The first-order valence-electron chi connectivity index (χ1n) is 10.0. The largest absolute Gasteiger partial charge is 0.466 e. The van der Waals surface area contributed by atoms with Gasteiger partial charge in [-0.3, -0.25) is 9.79 Å². The summed E-state index contributed by atoms with van der Waals surface area (Å²) in [5.41, 5.74) is 1.23. The van der Waals surface area contributed by atoms with E-state index in [1.807, 2.05) is 13.0 Å². The molecule has 2 heterocycles. The van der Waals surface area contributed by atoms with Gasteiger partial charge >= 0.3 is 5.97 Å². The quantitative estimate of drug-likeness (QED) is 0.488. The molecule has 0 amide bonds. The van der Waals surface area contributed by atoms with Gasteiger partial charge < -0.3 is 19.7 Å². The fourth-order valence-corrected chi connectivity index (χ4v) is 4.03. The Morgan fingerprint density at radius 3 is 2.89 bits per heavy atom. The molecule has 1 aromatic carbocycles. The van der Waals surface area contributed by atoms with Gasteiger partial charge in [0.05, 0.1) is 18.6 Å². The Hall–Kier alpha value is -2.08. The van der Waals surface area contributed by atoms with E-state index in [0.29, 0.717) is 19.1 Å². The minimum Gasteiger partial charge on any atom is -0.466 e. The van der Waals surface area contributed by atoms with Crippen LogP contribution in [0.1, 0.15) is 37.9 Å². The second kappa shape index (κ2) is 9.74. The molecule has 0 spiro atoms. The molecule has 6 heteroatoms. The molecule has 2 aliphatic heterocycles. The Kier molecular flexibility index (Phi) is 7.10. The van der Waals surface area contributed by atoms with E-state index in [1.54, 1.807) is 7.05 Å². The summed E-state index contributed by atoms with van der Waals surface area (Å²) in [7, 11) is 1.80. The maximum absolute atomic E-state index is 12.1. The first-order valence-corrected chi connectivity index (χ1v) is 10.0. The molecule has 0 saturated carbocycles. The zero-order valence-corrected chi connectivity index (χ0v) is 16.4. The number of esters is 1. The number of hydrogen-bond acceptors (Lipinski definition) is 4. The van der Waals surface area contributed by atoms with Gasteiger partial charge in [-0.05, 0) is 31.7 Å². The number of carbonyl (C=O) groups is 1. The number of hydrogen-bond donors (Lipinski definition) is 1. The molecule has 3 atom stereocenters. The normalized spacial score (nSPS) is 26.1. The van der Waals surface area contributed by atoms with Crippen molar-refractivity contribution in [3.05, 3.63) is 35.9 Å². The standard InChI is InChI=1S/C21H31N3O3/c1-3-26-20(25)18-10-7-12-24(15-18)21(22-2)23-14-17-11-13-27-19(17)16-8-5-4-6-9-16/h4-6,8-9,17-19H,3,7,10-15H2,1-2H3,(H,22,23)/t17?,18-,19?/m0/s1. The van der Waals surface area contributed by atoms with Gasteiger partial charge in [-0.1, -0.05) is 30.3 Å². The third-order valence-corrected chi connectivity index (χ3v) is 5.42. The first-order chi connectivity index (χ1) is 13.2. The third-order valence-electron chi connectivity index (χ3n) is 5.42. The average Bonchev–Trinajstić information content (AvgIpc) is 3.18. The van der Waals surface area contributed by atoms with Gasteiger partial charge in [-0.2, -0.15) is 0 Å². The number of ether oxygens (including phenoxy) is 2. The van der Waals surface area contributed by atoms with E-state index in [-0.39, 0.29) is 18.0 Å². The number of guanidine groups is 1. The summed E-state index contributed by atoms with van der Waals surface area (Å²) in [6.45, 7) is 5.48. The van der Waals surface area contributed by atoms with Crippen LogP contribution in [0.3, 0.4) is 0 Å². The van der Waals surface area contributed by atoms with Crippen molar-refractivity contribution in [2.24, 2.45) is 16.8 Å². The molecule has 2 unspecified atom stereocenters. The molecule has 0 aliphatic carbocycles. The maximum atomic E-state index is 12.1. The molecule has 1 N–H and O–H groups in total. The summed E-state index contributed by atoms with van der Waals surface area (Å²) in [4.78, 5) is 18.7. The van der Waals surface area contributed by atoms with Crippen LogP contribution in [0.2, 0.25) is 0 Å². The van der Waals surface area contributed by atoms with Crippen molar-refractivity contribution in [1.29, 1.82) is 0 Å². The van der Waals surface area contributed by atoms with Gasteiger partial charge in [0.2, 0.25) is 0 Å². The molecule has 3 rings (SSSR count). The van der Waals surface area contributed by atoms with Crippen LogP contribution in [0, 0.1) is 11.8 Å². The van der Waals surface area contributed by atoms with Crippen LogP contribution in [0.5, 0.6) is 0 Å². The van der Waals surface area contributed by atoms with Crippen molar-refractivity contribution in [3.63, 3.8) is 0 Å². The molecule has 2 saturated heterocycles. The summed E-state index contributed by atoms with van der Waals surface area (Å²) in [5, 5.41) is 3.52. The lowest BCUT2D eigenvalue weighted by molar-refractivity contribution is -0.149. The van der Waals surface area contributed by atoms with Crippen molar-refractivity contribution < 1.29 is 14.3 Å². The summed E-state index contributed by atoms with van der Waals surface area (Å²) >= 11 is 0. The Morgan fingerprint density at radius 1 is 1.33 bits per heavy atom. The lowest BCUT2D eigenvalue weighted by Gasteiger charge is -2.34. The van der Waals surface area contributed by atoms with Crippen LogP contribution in [0.4, 0.5) is 0 Å². The number of likely N-dealkylation sites (tertiary alicyclic amines) is 1. The van der Waals surface area contributed by atoms with Crippen molar-refractivity contribution in [2.45, 2.75) is 32.3 Å². The smallest absolute Gasteiger partial charge is 0.310 e. The van der Waals surface area contributed by atoms with E-state index in [9.17, 15) is 4.79 Å². The third kappa shape index (κ3) is 5.01. The Bertz CT molecular complexity index is 635. The van der Waals surface area contributed by atoms with Gasteiger partial charge in [0.25, 0.3) is 0 Å². The Labute approximate surface area is 161 Å². The highest BCUT2D eigenvalue weighted by Gasteiger charge is 2.31. The van der Waals surface area contributed by atoms with E-state index in [0.717, 1.165) is 44.9 Å². The number of aliphatic imine (C=N–C) groups is 1. The number of nitrogens with one attached hydrogen (secondary N) is 1. The minimum atomic E-state index is -0.0917. The van der Waals surface area contributed by atoms with E-state index in [4.69, 9.17) is 9.47 Å². The van der Waals surface area contributed by atoms with Crippen molar-refractivity contribution in [2.75, 3.05) is 39.9 Å². The molecule has 27 heavy (non-hydrogen) atoms. The molecule has 1 aromatic rings. The Morgan fingerprint density at radius 2 is 2.15 bits per heavy atom. The predicted molar refractivity (Wildman–Crippen MR) is 106 cm³/mol. The summed E-state index contributed by atoms with van der Waals surface area (Å²) in [5.74, 6) is 1.12. The Balaban J connectivity index is 1.56. The molecule has 148 valence electrons. The summed E-state index contributed by atoms with van der Waals surface area (Å²) < 4.78 is 11.2. The molecule has 0 aromatic heterocycles.